The van der Waals surface area contributed by atoms with E-state index in [4.69, 9.17) is 4.42 Å². The van der Waals surface area contributed by atoms with E-state index < -0.39 is 6.55 Å². The number of furan rings is 1. The summed E-state index contributed by atoms with van der Waals surface area (Å²) < 4.78 is 31.1. The summed E-state index contributed by atoms with van der Waals surface area (Å²) >= 11 is 0. The highest BCUT2D eigenvalue weighted by molar-refractivity contribution is 5.03. The second kappa shape index (κ2) is 5.09. The molecule has 2 aromatic heterocycles. The van der Waals surface area contributed by atoms with Crippen LogP contribution in [0, 0.1) is 0 Å². The Labute approximate surface area is 97.3 Å². The number of imidazole rings is 1. The number of aromatic nitrogens is 2. The summed E-state index contributed by atoms with van der Waals surface area (Å²) in [6.07, 6.45) is 4.20. The van der Waals surface area contributed by atoms with Gasteiger partial charge < -0.3 is 9.73 Å². The van der Waals surface area contributed by atoms with Crippen LogP contribution in [0.3, 0.4) is 0 Å². The Hall–Kier alpha value is -1.69. The fourth-order valence-electron chi connectivity index (χ4n) is 1.54. The fraction of sp³-hybridized carbons (Fsp3) is 0.364. The molecule has 0 aromatic carbocycles. The van der Waals surface area contributed by atoms with E-state index in [1.165, 1.54) is 12.4 Å². The van der Waals surface area contributed by atoms with Crippen LogP contribution in [0.1, 0.15) is 31.1 Å². The normalized spacial score (nSPS) is 13.2. The molecule has 0 aliphatic rings. The third kappa shape index (κ3) is 2.71. The molecule has 0 aliphatic heterocycles. The molecule has 0 radical (unpaired) electrons. The van der Waals surface area contributed by atoms with Crippen LogP contribution in [0.25, 0.3) is 0 Å². The molecule has 0 aliphatic carbocycles. The Kier molecular flexibility index (Phi) is 3.53. The molecule has 0 unspecified atom stereocenters. The molecule has 6 heteroatoms. The lowest BCUT2D eigenvalue weighted by molar-refractivity contribution is 0.0664. The molecule has 0 saturated heterocycles. The zero-order chi connectivity index (χ0) is 12.3. The highest BCUT2D eigenvalue weighted by Crippen LogP contribution is 2.15. The van der Waals surface area contributed by atoms with Crippen molar-refractivity contribution in [1.82, 2.24) is 14.9 Å². The monoisotopic (exact) mass is 241 g/mol. The predicted molar refractivity (Wildman–Crippen MR) is 57.4 cm³/mol. The van der Waals surface area contributed by atoms with Crippen molar-refractivity contribution in [1.29, 1.82) is 0 Å². The van der Waals surface area contributed by atoms with Gasteiger partial charge in [0.25, 0.3) is 0 Å². The summed E-state index contributed by atoms with van der Waals surface area (Å²) in [7, 11) is 0. The quantitative estimate of drug-likeness (QED) is 0.875. The lowest BCUT2D eigenvalue weighted by Crippen LogP contribution is -2.20. The molecular weight excluding hydrogens is 228 g/mol. The number of nitrogens with zero attached hydrogens (tertiary/aromatic N) is 2. The van der Waals surface area contributed by atoms with E-state index in [0.29, 0.717) is 5.82 Å². The first-order chi connectivity index (χ1) is 8.18. The Balaban J connectivity index is 1.96. The van der Waals surface area contributed by atoms with Crippen molar-refractivity contribution in [2.75, 3.05) is 0 Å². The minimum Gasteiger partial charge on any atom is -0.468 e. The smallest absolute Gasteiger partial charge is 0.319 e. The zero-order valence-corrected chi connectivity index (χ0v) is 9.31. The van der Waals surface area contributed by atoms with E-state index in [1.54, 1.807) is 12.3 Å². The predicted octanol–water partition coefficient (Wildman–Crippen LogP) is 2.72. The van der Waals surface area contributed by atoms with Crippen LogP contribution in [-0.2, 0) is 6.54 Å². The maximum Gasteiger partial charge on any atom is 0.319 e. The lowest BCUT2D eigenvalue weighted by atomic mass is 10.2. The lowest BCUT2D eigenvalue weighted by Gasteiger charge is -2.12. The maximum absolute atomic E-state index is 12.5. The molecule has 92 valence electrons. The largest absolute Gasteiger partial charge is 0.468 e. The van der Waals surface area contributed by atoms with Gasteiger partial charge in [0.2, 0.25) is 0 Å². The first-order valence-electron chi connectivity index (χ1n) is 5.25. The number of nitrogens with one attached hydrogen (secondary N) is 1. The van der Waals surface area contributed by atoms with E-state index in [2.05, 4.69) is 10.3 Å². The van der Waals surface area contributed by atoms with Gasteiger partial charge in [-0.15, -0.1) is 0 Å². The van der Waals surface area contributed by atoms with Crippen LogP contribution < -0.4 is 5.32 Å². The van der Waals surface area contributed by atoms with Gasteiger partial charge in [0, 0.05) is 12.4 Å². The molecule has 2 heterocycles. The first-order valence-corrected chi connectivity index (χ1v) is 5.25. The molecule has 2 aromatic rings. The Morgan fingerprint density at radius 2 is 2.35 bits per heavy atom. The van der Waals surface area contributed by atoms with E-state index in [0.717, 1.165) is 10.3 Å². The van der Waals surface area contributed by atoms with Gasteiger partial charge in [-0.2, -0.15) is 8.78 Å². The van der Waals surface area contributed by atoms with Gasteiger partial charge >= 0.3 is 6.55 Å². The van der Waals surface area contributed by atoms with E-state index in [1.807, 2.05) is 13.0 Å². The van der Waals surface area contributed by atoms with Gasteiger partial charge in [-0.1, -0.05) is 0 Å². The number of rotatable bonds is 5. The van der Waals surface area contributed by atoms with Crippen LogP contribution in [0.4, 0.5) is 8.78 Å². The van der Waals surface area contributed by atoms with Gasteiger partial charge in [-0.3, -0.25) is 4.57 Å². The fourth-order valence-corrected chi connectivity index (χ4v) is 1.54. The second-order valence-corrected chi connectivity index (χ2v) is 3.65. The van der Waals surface area contributed by atoms with Crippen molar-refractivity contribution in [2.45, 2.75) is 26.1 Å². The molecule has 1 N–H and O–H groups in total. The van der Waals surface area contributed by atoms with Gasteiger partial charge in [-0.25, -0.2) is 4.98 Å². The van der Waals surface area contributed by atoms with Crippen molar-refractivity contribution in [3.05, 3.63) is 42.4 Å². The van der Waals surface area contributed by atoms with E-state index in [9.17, 15) is 8.78 Å². The summed E-state index contributed by atoms with van der Waals surface area (Å²) in [6, 6.07) is 3.57. The highest BCUT2D eigenvalue weighted by atomic mass is 19.3. The van der Waals surface area contributed by atoms with Crippen molar-refractivity contribution >= 4 is 0 Å². The van der Waals surface area contributed by atoms with E-state index in [-0.39, 0.29) is 12.6 Å². The molecule has 0 fully saturated rings. The third-order valence-electron chi connectivity index (χ3n) is 2.50. The van der Waals surface area contributed by atoms with E-state index >= 15 is 0 Å². The molecule has 17 heavy (non-hydrogen) atoms. The average Bonchev–Trinajstić information content (AvgIpc) is 2.96. The minimum atomic E-state index is -2.56. The number of hydrogen-bond acceptors (Lipinski definition) is 3. The number of halogens is 2. The molecule has 0 bridgehead atoms. The SMILES string of the molecule is C[C@H](NCc1nccn1C(F)F)c1ccco1. The molecular formula is C11H13F2N3O. The average molecular weight is 241 g/mol. The summed E-state index contributed by atoms with van der Waals surface area (Å²) in [5.41, 5.74) is 0. The first kappa shape index (κ1) is 11.8. The summed E-state index contributed by atoms with van der Waals surface area (Å²) in [5.74, 6) is 1.07. The zero-order valence-electron chi connectivity index (χ0n) is 9.31. The van der Waals surface area contributed by atoms with Crippen LogP contribution in [0.15, 0.2) is 35.2 Å². The van der Waals surface area contributed by atoms with Gasteiger partial charge in [0.1, 0.15) is 11.6 Å². The van der Waals surface area contributed by atoms with Crippen molar-refractivity contribution in [2.24, 2.45) is 0 Å². The van der Waals surface area contributed by atoms with Crippen molar-refractivity contribution in [3.8, 4) is 0 Å². The molecule has 0 saturated carbocycles. The molecule has 0 amide bonds. The summed E-state index contributed by atoms with van der Waals surface area (Å²) in [5, 5.41) is 3.07. The van der Waals surface area contributed by atoms with Crippen LogP contribution in [0.2, 0.25) is 0 Å². The summed E-state index contributed by atoms with van der Waals surface area (Å²) in [6.45, 7) is -0.401. The molecule has 1 atom stereocenters. The molecule has 4 nitrogen and oxygen atoms in total. The molecule has 2 rings (SSSR count). The van der Waals surface area contributed by atoms with Gasteiger partial charge in [0.05, 0.1) is 18.8 Å². The van der Waals surface area contributed by atoms with Crippen LogP contribution >= 0.6 is 0 Å². The van der Waals surface area contributed by atoms with Crippen LogP contribution in [0.5, 0.6) is 0 Å². The van der Waals surface area contributed by atoms with Crippen LogP contribution in [-0.4, -0.2) is 9.55 Å². The minimum absolute atomic E-state index is 0.0483. The summed E-state index contributed by atoms with van der Waals surface area (Å²) in [4.78, 5) is 3.88. The number of alkyl halides is 2. The highest BCUT2D eigenvalue weighted by Gasteiger charge is 2.13. The van der Waals surface area contributed by atoms with Gasteiger partial charge in [0.15, 0.2) is 0 Å². The number of hydrogen-bond donors (Lipinski definition) is 1. The topological polar surface area (TPSA) is 43.0 Å². The molecule has 0 spiro atoms. The second-order valence-electron chi connectivity index (χ2n) is 3.65. The third-order valence-corrected chi connectivity index (χ3v) is 2.50. The Morgan fingerprint density at radius 1 is 1.53 bits per heavy atom. The van der Waals surface area contributed by atoms with Gasteiger partial charge in [-0.05, 0) is 19.1 Å². The van der Waals surface area contributed by atoms with Crippen molar-refractivity contribution < 1.29 is 13.2 Å². The Morgan fingerprint density at radius 3 is 3.00 bits per heavy atom. The van der Waals surface area contributed by atoms with Crippen molar-refractivity contribution in [3.63, 3.8) is 0 Å². The maximum atomic E-state index is 12.5. The standard InChI is InChI=1S/C11H13F2N3O/c1-8(9-3-2-6-17-9)15-7-10-14-4-5-16(10)11(12)13/h2-6,8,11,15H,7H2,1H3/t8-/m0/s1. The Bertz CT molecular complexity index is 453.